The molecule has 0 atom stereocenters. The van der Waals surface area contributed by atoms with Crippen LogP contribution >= 0.6 is 23.1 Å². The predicted molar refractivity (Wildman–Crippen MR) is 112 cm³/mol. The maximum Gasteiger partial charge on any atom is 0.258 e. The van der Waals surface area contributed by atoms with E-state index >= 15 is 0 Å². The molecule has 0 fully saturated rings. The van der Waals surface area contributed by atoms with E-state index < -0.39 is 0 Å². The van der Waals surface area contributed by atoms with Gasteiger partial charge in [0.25, 0.3) is 5.91 Å². The first kappa shape index (κ1) is 19.1. The number of ether oxygens (including phenoxy) is 1. The molecule has 0 radical (unpaired) electrons. The van der Waals surface area contributed by atoms with Crippen molar-refractivity contribution >= 4 is 45.8 Å². The Labute approximate surface area is 166 Å². The van der Waals surface area contributed by atoms with Crippen molar-refractivity contribution < 1.29 is 9.53 Å². The third kappa shape index (κ3) is 5.18. The molecule has 3 aromatic rings. The van der Waals surface area contributed by atoms with E-state index in [2.05, 4.69) is 22.4 Å². The minimum absolute atomic E-state index is 0.221. The zero-order valence-corrected chi connectivity index (χ0v) is 16.6. The molecule has 1 heterocycles. The number of methoxy groups -OCH3 is 1. The number of nitrogens with zero attached hydrogens (tertiary/aromatic N) is 2. The monoisotopic (exact) mass is 397 g/mol. The van der Waals surface area contributed by atoms with Gasteiger partial charge in [-0.15, -0.1) is 10.2 Å². The second-order valence-electron chi connectivity index (χ2n) is 5.46. The van der Waals surface area contributed by atoms with Crippen LogP contribution in [0.1, 0.15) is 18.1 Å². The molecule has 138 valence electrons. The maximum atomic E-state index is 12.9. The average molecular weight is 398 g/mol. The van der Waals surface area contributed by atoms with Crippen LogP contribution in [-0.4, -0.2) is 29.0 Å². The second-order valence-corrected chi connectivity index (χ2v) is 7.95. The zero-order chi connectivity index (χ0) is 19.1. The number of amides is 1. The summed E-state index contributed by atoms with van der Waals surface area (Å²) in [6.45, 7) is 2.05. The molecule has 1 N–H and O–H groups in total. The number of aromatic nitrogens is 2. The predicted octanol–water partition coefficient (Wildman–Crippen LogP) is 4.84. The molecule has 7 heteroatoms. The summed E-state index contributed by atoms with van der Waals surface area (Å²) in [4.78, 5) is 12.9. The van der Waals surface area contributed by atoms with E-state index in [9.17, 15) is 4.79 Å². The smallest absolute Gasteiger partial charge is 0.258 e. The van der Waals surface area contributed by atoms with Crippen molar-refractivity contribution in [2.24, 2.45) is 0 Å². The van der Waals surface area contributed by atoms with Gasteiger partial charge in [-0.05, 0) is 35.1 Å². The van der Waals surface area contributed by atoms with E-state index in [-0.39, 0.29) is 5.91 Å². The summed E-state index contributed by atoms with van der Waals surface area (Å²) in [5.74, 6) is 1.46. The Balaban J connectivity index is 1.88. The Bertz CT molecular complexity index is 922. The molecular weight excluding hydrogens is 378 g/mol. The van der Waals surface area contributed by atoms with Crippen molar-refractivity contribution in [1.82, 2.24) is 10.2 Å². The van der Waals surface area contributed by atoms with Gasteiger partial charge in [-0.25, -0.2) is 0 Å². The summed E-state index contributed by atoms with van der Waals surface area (Å²) in [5.41, 5.74) is 2.29. The molecule has 0 saturated carbocycles. The quantitative estimate of drug-likeness (QED) is 0.267. The third-order valence-corrected chi connectivity index (χ3v) is 5.51. The Hall–Kier alpha value is -2.64. The van der Waals surface area contributed by atoms with Gasteiger partial charge in [0.1, 0.15) is 5.75 Å². The van der Waals surface area contributed by atoms with Gasteiger partial charge in [0.2, 0.25) is 5.13 Å². The number of carbonyl (C=O) groups is 1. The fourth-order valence-electron chi connectivity index (χ4n) is 2.37. The summed E-state index contributed by atoms with van der Waals surface area (Å²) in [7, 11) is 1.63. The van der Waals surface area contributed by atoms with Crippen molar-refractivity contribution in [1.29, 1.82) is 0 Å². The van der Waals surface area contributed by atoms with E-state index in [0.717, 1.165) is 27.0 Å². The van der Waals surface area contributed by atoms with Crippen LogP contribution in [0.2, 0.25) is 0 Å². The van der Waals surface area contributed by atoms with Crippen LogP contribution in [0.25, 0.3) is 11.6 Å². The number of benzene rings is 2. The van der Waals surface area contributed by atoms with Crippen LogP contribution in [0.4, 0.5) is 5.13 Å². The Morgan fingerprint density at radius 1 is 1.15 bits per heavy atom. The lowest BCUT2D eigenvalue weighted by Gasteiger charge is -2.08. The van der Waals surface area contributed by atoms with Crippen LogP contribution in [0, 0.1) is 0 Å². The lowest BCUT2D eigenvalue weighted by molar-refractivity contribution is -0.111. The van der Waals surface area contributed by atoms with Crippen molar-refractivity contribution in [2.45, 2.75) is 11.3 Å². The Kier molecular flexibility index (Phi) is 6.62. The first-order valence-corrected chi connectivity index (χ1v) is 10.2. The number of nitrogens with one attached hydrogen (secondary N) is 1. The van der Waals surface area contributed by atoms with Crippen molar-refractivity contribution in [3.05, 3.63) is 65.7 Å². The summed E-state index contributed by atoms with van der Waals surface area (Å²) in [5, 5.41) is 11.5. The van der Waals surface area contributed by atoms with E-state index in [4.69, 9.17) is 4.74 Å². The van der Waals surface area contributed by atoms with Gasteiger partial charge in [0.05, 0.1) is 7.11 Å². The summed E-state index contributed by atoms with van der Waals surface area (Å²) >= 11 is 2.98. The molecule has 0 saturated heterocycles. The lowest BCUT2D eigenvalue weighted by atomic mass is 10.0. The molecule has 1 aromatic heterocycles. The van der Waals surface area contributed by atoms with Crippen LogP contribution in [-0.2, 0) is 4.79 Å². The minimum atomic E-state index is -0.221. The van der Waals surface area contributed by atoms with Gasteiger partial charge in [0, 0.05) is 5.57 Å². The molecule has 0 spiro atoms. The molecule has 0 bridgehead atoms. The van der Waals surface area contributed by atoms with E-state index in [1.54, 1.807) is 18.9 Å². The van der Waals surface area contributed by atoms with E-state index in [0.29, 0.717) is 10.7 Å². The molecule has 2 aromatic carbocycles. The first-order valence-electron chi connectivity index (χ1n) is 8.38. The lowest BCUT2D eigenvalue weighted by Crippen LogP contribution is -2.13. The summed E-state index contributed by atoms with van der Waals surface area (Å²) in [6, 6.07) is 17.1. The number of rotatable bonds is 7. The molecule has 0 aliphatic carbocycles. The number of hydrogen-bond acceptors (Lipinski definition) is 6. The molecule has 3 rings (SSSR count). The average Bonchev–Trinajstić information content (AvgIpc) is 3.14. The highest BCUT2D eigenvalue weighted by molar-refractivity contribution is 8.01. The second kappa shape index (κ2) is 9.34. The molecule has 1 amide bonds. The summed E-state index contributed by atoms with van der Waals surface area (Å²) in [6.07, 6.45) is 1.85. The van der Waals surface area contributed by atoms with Gasteiger partial charge in [0.15, 0.2) is 4.34 Å². The van der Waals surface area contributed by atoms with Gasteiger partial charge >= 0.3 is 0 Å². The van der Waals surface area contributed by atoms with Gasteiger partial charge in [-0.1, -0.05) is 72.5 Å². The van der Waals surface area contributed by atoms with Crippen molar-refractivity contribution in [2.75, 3.05) is 18.2 Å². The van der Waals surface area contributed by atoms with Gasteiger partial charge in [-0.3, -0.25) is 10.1 Å². The first-order chi connectivity index (χ1) is 13.2. The highest BCUT2D eigenvalue weighted by Crippen LogP contribution is 2.27. The van der Waals surface area contributed by atoms with Crippen LogP contribution in [0.3, 0.4) is 0 Å². The standard InChI is InChI=1S/C20H19N3O2S2/c1-3-26-20-23-22-19(27-20)21-18(24)17(15-7-5-4-6-8-15)13-14-9-11-16(25-2)12-10-14/h4-13H,3H2,1-2H3,(H,21,22,24)/b17-13+. The highest BCUT2D eigenvalue weighted by Gasteiger charge is 2.15. The fourth-order valence-corrected chi connectivity index (χ4v) is 4.02. The molecule has 0 unspecified atom stereocenters. The van der Waals surface area contributed by atoms with E-state index in [1.807, 2.05) is 60.7 Å². The largest absolute Gasteiger partial charge is 0.497 e. The van der Waals surface area contributed by atoms with Crippen LogP contribution in [0.15, 0.2) is 58.9 Å². The number of hydrogen-bond donors (Lipinski definition) is 1. The Morgan fingerprint density at radius 3 is 2.56 bits per heavy atom. The third-order valence-electron chi connectivity index (χ3n) is 3.65. The minimum Gasteiger partial charge on any atom is -0.497 e. The number of anilines is 1. The molecule has 27 heavy (non-hydrogen) atoms. The zero-order valence-electron chi connectivity index (χ0n) is 15.0. The fraction of sp³-hybridized carbons (Fsp3) is 0.150. The van der Waals surface area contributed by atoms with Crippen LogP contribution < -0.4 is 10.1 Å². The molecule has 0 aliphatic heterocycles. The highest BCUT2D eigenvalue weighted by atomic mass is 32.2. The van der Waals surface area contributed by atoms with E-state index in [1.165, 1.54) is 11.3 Å². The normalized spacial score (nSPS) is 11.3. The number of thioether (sulfide) groups is 1. The maximum absolute atomic E-state index is 12.9. The molecule has 5 nitrogen and oxygen atoms in total. The molecule has 0 aliphatic rings. The van der Waals surface area contributed by atoms with Crippen molar-refractivity contribution in [3.63, 3.8) is 0 Å². The molecular formula is C20H19N3O2S2. The topological polar surface area (TPSA) is 64.1 Å². The van der Waals surface area contributed by atoms with Gasteiger partial charge < -0.3 is 4.74 Å². The van der Waals surface area contributed by atoms with Crippen molar-refractivity contribution in [3.8, 4) is 5.75 Å². The van der Waals surface area contributed by atoms with Gasteiger partial charge in [-0.2, -0.15) is 0 Å². The summed E-state index contributed by atoms with van der Waals surface area (Å²) < 4.78 is 6.03. The SMILES string of the molecule is CCSc1nnc(NC(=O)/C(=C/c2ccc(OC)cc2)c2ccccc2)s1. The number of carbonyl (C=O) groups excluding carboxylic acids is 1. The Morgan fingerprint density at radius 2 is 1.89 bits per heavy atom. The van der Waals surface area contributed by atoms with Crippen LogP contribution in [0.5, 0.6) is 5.75 Å².